The van der Waals surface area contributed by atoms with E-state index in [4.69, 9.17) is 0 Å². The molecule has 0 aliphatic heterocycles. The largest absolute Gasteiger partial charge is 0.321 e. The lowest BCUT2D eigenvalue weighted by Gasteiger charge is -2.07. The molecule has 0 amide bonds. The van der Waals surface area contributed by atoms with Crippen molar-refractivity contribution in [3.05, 3.63) is 83.6 Å². The minimum Gasteiger partial charge on any atom is -0.321 e. The third-order valence-electron chi connectivity index (χ3n) is 4.40. The molecule has 1 N–H and O–H groups in total. The summed E-state index contributed by atoms with van der Waals surface area (Å²) < 4.78 is 3.50. The van der Waals surface area contributed by atoms with Crippen molar-refractivity contribution in [2.75, 3.05) is 0 Å². The fourth-order valence-electron chi connectivity index (χ4n) is 3.14. The number of H-pyrrole nitrogens is 1. The summed E-state index contributed by atoms with van der Waals surface area (Å²) in [6.45, 7) is 0. The number of aromatic nitrogens is 3. The summed E-state index contributed by atoms with van der Waals surface area (Å²) in [7, 11) is 0. The van der Waals surface area contributed by atoms with Gasteiger partial charge < -0.3 is 4.57 Å². The number of hydrogen-bond donors (Lipinski definition) is 1. The van der Waals surface area contributed by atoms with Crippen LogP contribution in [0.25, 0.3) is 38.8 Å². The van der Waals surface area contributed by atoms with Crippen LogP contribution in [0.5, 0.6) is 0 Å². The van der Waals surface area contributed by atoms with Gasteiger partial charge in [0.25, 0.3) is 0 Å². The van der Waals surface area contributed by atoms with E-state index in [0.29, 0.717) is 0 Å². The van der Waals surface area contributed by atoms with E-state index in [1.807, 2.05) is 18.2 Å². The first-order chi connectivity index (χ1) is 12.4. The van der Waals surface area contributed by atoms with Gasteiger partial charge in [-0.1, -0.05) is 42.5 Å². The average Bonchev–Trinajstić information content (AvgIpc) is 3.35. The van der Waals surface area contributed by atoms with Gasteiger partial charge in [-0.05, 0) is 35.2 Å². The molecular weight excluding hydrogens is 326 g/mol. The molecular formula is C21H15N3S. The Bertz CT molecular complexity index is 1180. The number of para-hydroxylation sites is 2. The van der Waals surface area contributed by atoms with Crippen LogP contribution in [0.2, 0.25) is 0 Å². The van der Waals surface area contributed by atoms with Crippen molar-refractivity contribution in [2.45, 2.75) is 0 Å². The molecule has 2 aromatic carbocycles. The second-order valence-electron chi connectivity index (χ2n) is 5.95. The number of thiophene rings is 1. The van der Waals surface area contributed by atoms with Gasteiger partial charge in [0.05, 0.1) is 21.6 Å². The Morgan fingerprint density at radius 1 is 0.920 bits per heavy atom. The fraction of sp³-hybridized carbons (Fsp3) is 0. The minimum atomic E-state index is 0.957. The molecule has 3 aromatic heterocycles. The van der Waals surface area contributed by atoms with Gasteiger partial charge in [0.1, 0.15) is 0 Å². The summed E-state index contributed by atoms with van der Waals surface area (Å²) in [6.07, 6.45) is 8.58. The van der Waals surface area contributed by atoms with Crippen molar-refractivity contribution in [3.8, 4) is 5.69 Å². The highest BCUT2D eigenvalue weighted by molar-refractivity contribution is 7.17. The quantitative estimate of drug-likeness (QED) is 0.446. The van der Waals surface area contributed by atoms with Gasteiger partial charge in [-0.3, -0.25) is 5.10 Å². The lowest BCUT2D eigenvalue weighted by Crippen LogP contribution is -1.92. The number of nitrogens with zero attached hydrogens (tertiary/aromatic N) is 2. The lowest BCUT2D eigenvalue weighted by molar-refractivity contribution is 1.08. The molecule has 0 aliphatic rings. The number of benzene rings is 2. The molecule has 0 atom stereocenters. The molecule has 0 spiro atoms. The second kappa shape index (κ2) is 5.76. The molecule has 0 fully saturated rings. The number of aromatic amines is 1. The van der Waals surface area contributed by atoms with Gasteiger partial charge in [-0.15, -0.1) is 11.3 Å². The standard InChI is InChI=1S/C21H15N3S/c1-4-8-20(24-13-16-11-12-25-21(16)14-24)15(5-1)9-10-19-17-6-2-3-7-18(17)22-23-19/h1-14H,(H,22,23). The SMILES string of the molecule is C(=Cc1n[nH]c2ccccc12)c1ccccc1-n1cc2ccsc2c1. The molecule has 3 heterocycles. The van der Waals surface area contributed by atoms with Gasteiger partial charge in [-0.2, -0.15) is 5.10 Å². The van der Waals surface area contributed by atoms with Crippen LogP contribution in [0, 0.1) is 0 Å². The lowest BCUT2D eigenvalue weighted by atomic mass is 10.1. The molecule has 3 nitrogen and oxygen atoms in total. The zero-order valence-corrected chi connectivity index (χ0v) is 14.2. The summed E-state index contributed by atoms with van der Waals surface area (Å²) in [4.78, 5) is 0. The highest BCUT2D eigenvalue weighted by atomic mass is 32.1. The topological polar surface area (TPSA) is 33.6 Å². The highest BCUT2D eigenvalue weighted by Gasteiger charge is 2.06. The van der Waals surface area contributed by atoms with Crippen LogP contribution in [0.3, 0.4) is 0 Å². The van der Waals surface area contributed by atoms with Crippen LogP contribution in [0.1, 0.15) is 11.3 Å². The van der Waals surface area contributed by atoms with Crippen molar-refractivity contribution >= 4 is 44.5 Å². The molecule has 0 bridgehead atoms. The van der Waals surface area contributed by atoms with Gasteiger partial charge in [0.2, 0.25) is 0 Å². The maximum Gasteiger partial charge on any atom is 0.0927 e. The van der Waals surface area contributed by atoms with E-state index in [-0.39, 0.29) is 0 Å². The third kappa shape index (κ3) is 2.47. The van der Waals surface area contributed by atoms with Crippen molar-refractivity contribution < 1.29 is 0 Å². The molecule has 120 valence electrons. The molecule has 4 heteroatoms. The molecule has 0 saturated carbocycles. The molecule has 0 radical (unpaired) electrons. The summed E-state index contributed by atoms with van der Waals surface area (Å²) in [5.74, 6) is 0. The van der Waals surface area contributed by atoms with Crippen LogP contribution >= 0.6 is 11.3 Å². The summed E-state index contributed by atoms with van der Waals surface area (Å²) >= 11 is 1.77. The van der Waals surface area contributed by atoms with E-state index < -0.39 is 0 Å². The van der Waals surface area contributed by atoms with Crippen molar-refractivity contribution in [1.29, 1.82) is 0 Å². The Morgan fingerprint density at radius 2 is 1.80 bits per heavy atom. The molecule has 5 rings (SSSR count). The summed E-state index contributed by atoms with van der Waals surface area (Å²) in [5.41, 5.74) is 4.35. The predicted molar refractivity (Wildman–Crippen MR) is 106 cm³/mol. The summed E-state index contributed by atoms with van der Waals surface area (Å²) in [6, 6.07) is 18.8. The van der Waals surface area contributed by atoms with Gasteiger partial charge >= 0.3 is 0 Å². The minimum absolute atomic E-state index is 0.957. The number of nitrogens with one attached hydrogen (secondary N) is 1. The van der Waals surface area contributed by atoms with Crippen LogP contribution in [0.15, 0.2) is 72.4 Å². The number of rotatable bonds is 3. The van der Waals surface area contributed by atoms with Crippen LogP contribution in [-0.4, -0.2) is 14.8 Å². The van der Waals surface area contributed by atoms with E-state index in [9.17, 15) is 0 Å². The van der Waals surface area contributed by atoms with E-state index in [1.54, 1.807) is 11.3 Å². The van der Waals surface area contributed by atoms with Crippen LogP contribution in [0.4, 0.5) is 0 Å². The van der Waals surface area contributed by atoms with Crippen LogP contribution in [-0.2, 0) is 0 Å². The zero-order chi connectivity index (χ0) is 16.6. The maximum atomic E-state index is 4.42. The van der Waals surface area contributed by atoms with Crippen LogP contribution < -0.4 is 0 Å². The number of hydrogen-bond acceptors (Lipinski definition) is 2. The van der Waals surface area contributed by atoms with E-state index >= 15 is 0 Å². The first kappa shape index (κ1) is 14.3. The Labute approximate surface area is 148 Å². The maximum absolute atomic E-state index is 4.42. The van der Waals surface area contributed by atoms with E-state index in [2.05, 4.69) is 81.1 Å². The summed E-state index contributed by atoms with van der Waals surface area (Å²) in [5, 5.41) is 12.0. The van der Waals surface area contributed by atoms with Gasteiger partial charge in [0.15, 0.2) is 0 Å². The number of fused-ring (bicyclic) bond motifs is 2. The van der Waals surface area contributed by atoms with E-state index in [1.165, 1.54) is 15.8 Å². The van der Waals surface area contributed by atoms with Gasteiger partial charge in [-0.25, -0.2) is 0 Å². The normalized spacial score (nSPS) is 11.8. The monoisotopic (exact) mass is 341 g/mol. The second-order valence-corrected chi connectivity index (χ2v) is 6.90. The zero-order valence-electron chi connectivity index (χ0n) is 13.4. The third-order valence-corrected chi connectivity index (χ3v) is 5.26. The van der Waals surface area contributed by atoms with E-state index in [0.717, 1.165) is 22.2 Å². The molecule has 5 aromatic rings. The molecule has 25 heavy (non-hydrogen) atoms. The molecule has 0 saturated heterocycles. The fourth-order valence-corrected chi connectivity index (χ4v) is 3.93. The predicted octanol–water partition coefficient (Wildman–Crippen LogP) is 5.74. The van der Waals surface area contributed by atoms with Crippen molar-refractivity contribution in [3.63, 3.8) is 0 Å². The first-order valence-electron chi connectivity index (χ1n) is 8.14. The molecule has 0 unspecified atom stereocenters. The Morgan fingerprint density at radius 3 is 2.76 bits per heavy atom. The van der Waals surface area contributed by atoms with Crippen molar-refractivity contribution in [1.82, 2.24) is 14.8 Å². The van der Waals surface area contributed by atoms with Gasteiger partial charge in [0, 0.05) is 23.2 Å². The van der Waals surface area contributed by atoms with Crippen molar-refractivity contribution in [2.24, 2.45) is 0 Å². The molecule has 0 aliphatic carbocycles. The highest BCUT2D eigenvalue weighted by Crippen LogP contribution is 2.26. The Balaban J connectivity index is 1.57. The Hall–Kier alpha value is -3.11. The average molecular weight is 341 g/mol. The Kier molecular flexibility index (Phi) is 3.28. The smallest absolute Gasteiger partial charge is 0.0927 e. The first-order valence-corrected chi connectivity index (χ1v) is 9.02.